The molecule has 21 aliphatic rings. The third-order valence-electron chi connectivity index (χ3n) is 17.4. The third kappa shape index (κ3) is 16.5. The van der Waals surface area contributed by atoms with Crippen molar-refractivity contribution in [2.24, 2.45) is 0 Å². The van der Waals surface area contributed by atoms with E-state index in [0.717, 1.165) is 0 Å². The van der Waals surface area contributed by atoms with Gasteiger partial charge in [-0.25, -0.2) is 0 Å². The molecular weight excluding hydrogens is 1260 g/mol. The number of benzene rings is 1. The number of aliphatic hydroxyl groups excluding tert-OH is 13. The molecular formula is C57H92O36. The van der Waals surface area contributed by atoms with E-state index in [0.29, 0.717) is 5.56 Å². The predicted octanol–water partition coefficient (Wildman–Crippen LogP) is -8.28. The van der Waals surface area contributed by atoms with Crippen molar-refractivity contribution < 1.29 is 175 Å². The maximum Gasteiger partial charge on any atom is 0.187 e. The summed E-state index contributed by atoms with van der Waals surface area (Å²) < 4.78 is 137. The highest BCUT2D eigenvalue weighted by Gasteiger charge is 2.60. The molecule has 0 spiro atoms. The predicted molar refractivity (Wildman–Crippen MR) is 297 cm³/mol. The van der Waals surface area contributed by atoms with E-state index in [1.165, 1.54) is 56.9 Å². The first kappa shape index (κ1) is 75.0. The van der Waals surface area contributed by atoms with Gasteiger partial charge in [-0.2, -0.15) is 0 Å². The molecule has 21 fully saturated rings. The quantitative estimate of drug-likeness (QED) is 0.0607. The van der Waals surface area contributed by atoms with Crippen LogP contribution in [0.15, 0.2) is 30.3 Å². The first-order valence-corrected chi connectivity index (χ1v) is 30.3. The first-order chi connectivity index (χ1) is 44.7. The second-order valence-corrected chi connectivity index (χ2v) is 23.6. The molecule has 22 rings (SSSR count). The number of hydrogen-bond donors (Lipinski definition) is 13. The van der Waals surface area contributed by atoms with Crippen LogP contribution in [0.25, 0.3) is 0 Å². The van der Waals surface area contributed by atoms with E-state index in [1.54, 1.807) is 30.3 Å². The standard InChI is InChI=1S/C57H92O36/c1-71-14-22-42-29(58)35(64)52(79-22)87-44-24(16-73-3)81-54(37(66)31(44)60)89-46-26(18-75-5)83-56(39(68)33(46)62)91-48-28(20-77-7)85-57(49(41(48)70)93-50(78-8)21-12-10-9-11-13-21)92-47-27(19-76-6)84-55(40(69)34(47)63)90-45-25(17-74-4)82-53(38(67)32(45)61)88-43-23(15-72-2)80-51(86-42)36(65)30(43)59/h9-13,22-70H,14-20H2,1-8H3/t22-,23-,24-,25-,26-,27-,28-,29-,30-,31-,32?,33-,34-,35-,36-,37-,38-,39-,40-,41+,42-,43-,44-,45-,46-,47-,48-,49-,50?,51-,52-,53-,54-,55-,56-,57-/m1/s1. The lowest BCUT2D eigenvalue weighted by atomic mass is 9.95. The summed E-state index contributed by atoms with van der Waals surface area (Å²) in [7, 11) is 10.3. The fraction of sp³-hybridized carbons (Fsp3) is 0.895. The highest BCUT2D eigenvalue weighted by atomic mass is 16.8. The fourth-order valence-electron chi connectivity index (χ4n) is 12.6. The summed E-state index contributed by atoms with van der Waals surface area (Å²) in [4.78, 5) is 0. The van der Waals surface area contributed by atoms with Gasteiger partial charge in [-0.05, 0) is 0 Å². The molecule has 0 aromatic heterocycles. The van der Waals surface area contributed by atoms with Gasteiger partial charge in [0.05, 0.1) is 46.2 Å². The molecule has 13 N–H and O–H groups in total. The van der Waals surface area contributed by atoms with E-state index < -0.39 is 261 Å². The Balaban J connectivity index is 1.07. The van der Waals surface area contributed by atoms with Crippen LogP contribution >= 0.6 is 0 Å². The maximum absolute atomic E-state index is 12.7. The highest BCUT2D eigenvalue weighted by molar-refractivity contribution is 5.16. The minimum atomic E-state index is -2.07. The highest BCUT2D eigenvalue weighted by Crippen LogP contribution is 2.41. The van der Waals surface area contributed by atoms with Gasteiger partial charge in [-0.3, -0.25) is 0 Å². The number of ether oxygens (including phenoxy) is 23. The molecule has 0 radical (unpaired) electrons. The Bertz CT molecular complexity index is 2350. The van der Waals surface area contributed by atoms with Gasteiger partial charge >= 0.3 is 0 Å². The molecule has 0 aliphatic carbocycles. The van der Waals surface area contributed by atoms with E-state index in [-0.39, 0.29) is 6.61 Å². The minimum Gasteiger partial charge on any atom is -0.387 e. The minimum absolute atomic E-state index is 0.387. The van der Waals surface area contributed by atoms with Crippen LogP contribution in [0, 0.1) is 0 Å². The third-order valence-corrected chi connectivity index (χ3v) is 17.4. The molecule has 36 atom stereocenters. The summed E-state index contributed by atoms with van der Waals surface area (Å²) in [6, 6.07) is 8.44. The Labute approximate surface area is 534 Å². The van der Waals surface area contributed by atoms with Crippen LogP contribution in [0.1, 0.15) is 11.9 Å². The van der Waals surface area contributed by atoms with E-state index in [4.69, 9.17) is 109 Å². The zero-order valence-corrected chi connectivity index (χ0v) is 52.3. The summed E-state index contributed by atoms with van der Waals surface area (Å²) in [5.41, 5.74) is 0.438. The first-order valence-electron chi connectivity index (χ1n) is 30.3. The molecule has 36 nitrogen and oxygen atoms in total. The zero-order valence-electron chi connectivity index (χ0n) is 52.3. The average molecular weight is 1350 g/mol. The van der Waals surface area contributed by atoms with Crippen molar-refractivity contribution in [1.82, 2.24) is 0 Å². The van der Waals surface area contributed by atoms with Crippen LogP contribution in [0.4, 0.5) is 0 Å². The van der Waals surface area contributed by atoms with Crippen molar-refractivity contribution in [2.45, 2.75) is 221 Å². The van der Waals surface area contributed by atoms with E-state index in [1.807, 2.05) is 0 Å². The number of methoxy groups -OCH3 is 8. The Morgan fingerprint density at radius 3 is 0.688 bits per heavy atom. The van der Waals surface area contributed by atoms with Crippen molar-refractivity contribution >= 4 is 0 Å². The molecule has 36 heteroatoms. The Morgan fingerprint density at radius 1 is 0.269 bits per heavy atom. The van der Waals surface area contributed by atoms with Crippen LogP contribution < -0.4 is 0 Å². The summed E-state index contributed by atoms with van der Waals surface area (Å²) in [5, 5.41) is 155. The van der Waals surface area contributed by atoms with Gasteiger partial charge in [-0.1, -0.05) is 30.3 Å². The lowest BCUT2D eigenvalue weighted by Gasteiger charge is -2.51. The molecule has 21 saturated heterocycles. The van der Waals surface area contributed by atoms with E-state index in [2.05, 4.69) is 0 Å². The van der Waals surface area contributed by atoms with Crippen molar-refractivity contribution in [2.75, 3.05) is 103 Å². The monoisotopic (exact) mass is 1350 g/mol. The lowest BCUT2D eigenvalue weighted by Crippen LogP contribution is -2.68. The smallest absolute Gasteiger partial charge is 0.187 e. The number of hydrogen-bond acceptors (Lipinski definition) is 36. The lowest BCUT2D eigenvalue weighted by molar-refractivity contribution is -0.403. The van der Waals surface area contributed by atoms with Gasteiger partial charge in [0.15, 0.2) is 50.3 Å². The maximum atomic E-state index is 12.7. The average Bonchev–Trinajstić information content (AvgIpc) is 0.805. The van der Waals surface area contributed by atoms with Crippen molar-refractivity contribution in [3.63, 3.8) is 0 Å². The topological polar surface area (TPSA) is 475 Å². The van der Waals surface area contributed by atoms with Gasteiger partial charge in [0.1, 0.15) is 171 Å². The van der Waals surface area contributed by atoms with Crippen LogP contribution in [-0.2, 0) is 109 Å². The SMILES string of the molecule is COC[C@H]1O[C@@H]2O[C@H]3[C@H](O)[C@@H](O)[C@@H](O[C@H]4[C@H](O)[C@@H](OC(OC)c5ccccc5)[C@@H](O[C@H]5[C@H](O)[C@@H](O)[C@H](O[C@@H]5COC)O[C@H]5C(O)[C@@H](O)[C@@H](O[C@H]6[C@H](O)[C@@H](O)[C@@H](O[C@H]7[C@H](O)[C@@H](O)[C@@H](O[C@H]1[C@H](O)[C@H]2O)O[C@@H]7COC)O[C@@H]6COC)O[C@@H]5COC)O[C@@H]4COC)O[C@@H]3COC. The van der Waals surface area contributed by atoms with E-state index >= 15 is 0 Å². The fourth-order valence-corrected chi connectivity index (χ4v) is 12.6. The molecule has 21 heterocycles. The normalized spacial score (nSPS) is 48.2. The summed E-state index contributed by atoms with van der Waals surface area (Å²) in [5.74, 6) is 0. The molecule has 14 bridgehead atoms. The Morgan fingerprint density at radius 2 is 0.473 bits per heavy atom. The van der Waals surface area contributed by atoms with Gasteiger partial charge in [0.25, 0.3) is 0 Å². The molecule has 0 amide bonds. The second-order valence-electron chi connectivity index (χ2n) is 23.6. The van der Waals surface area contributed by atoms with Crippen LogP contribution in [0.5, 0.6) is 0 Å². The Hall–Kier alpha value is -2.22. The molecule has 2 unspecified atom stereocenters. The number of aliphatic hydroxyl groups is 13. The summed E-state index contributed by atoms with van der Waals surface area (Å²) in [6.07, 6.45) is -63.7. The van der Waals surface area contributed by atoms with Gasteiger partial charge in [0, 0.05) is 62.4 Å². The molecule has 1 aromatic rings. The van der Waals surface area contributed by atoms with Crippen LogP contribution in [-0.4, -0.2) is 384 Å². The van der Waals surface area contributed by atoms with Crippen molar-refractivity contribution in [3.8, 4) is 0 Å². The van der Waals surface area contributed by atoms with E-state index in [9.17, 15) is 66.4 Å². The largest absolute Gasteiger partial charge is 0.387 e. The molecule has 1 aromatic carbocycles. The Kier molecular flexibility index (Phi) is 27.6. The van der Waals surface area contributed by atoms with Crippen LogP contribution in [0.2, 0.25) is 0 Å². The summed E-state index contributed by atoms with van der Waals surface area (Å²) >= 11 is 0. The van der Waals surface area contributed by atoms with Gasteiger partial charge in [-0.15, -0.1) is 0 Å². The van der Waals surface area contributed by atoms with Crippen molar-refractivity contribution in [3.05, 3.63) is 35.9 Å². The van der Waals surface area contributed by atoms with Crippen LogP contribution in [0.3, 0.4) is 0 Å². The molecule has 0 saturated carbocycles. The zero-order chi connectivity index (χ0) is 67.1. The molecule has 93 heavy (non-hydrogen) atoms. The van der Waals surface area contributed by atoms with Gasteiger partial charge in [0.2, 0.25) is 0 Å². The number of rotatable bonds is 18. The van der Waals surface area contributed by atoms with Crippen molar-refractivity contribution in [1.29, 1.82) is 0 Å². The summed E-state index contributed by atoms with van der Waals surface area (Å²) in [6.45, 7) is -2.77. The molecule has 21 aliphatic heterocycles. The van der Waals surface area contributed by atoms with Gasteiger partial charge < -0.3 is 175 Å². The molecule has 536 valence electrons. The second kappa shape index (κ2) is 34.2.